The topological polar surface area (TPSA) is 57.7 Å². The molecule has 4 rings (SSSR count). The molecule has 1 amide bonds. The number of anilines is 2. The summed E-state index contributed by atoms with van der Waals surface area (Å²) in [6.07, 6.45) is 2.79. The fourth-order valence-electron chi connectivity index (χ4n) is 3.95. The molecule has 1 aliphatic rings. The number of halogens is 1. The van der Waals surface area contributed by atoms with Crippen molar-refractivity contribution in [2.24, 2.45) is 0 Å². The van der Waals surface area contributed by atoms with E-state index < -0.39 is 0 Å². The summed E-state index contributed by atoms with van der Waals surface area (Å²) in [7, 11) is 0. The predicted molar refractivity (Wildman–Crippen MR) is 133 cm³/mol. The summed E-state index contributed by atoms with van der Waals surface area (Å²) in [6, 6.07) is 19.5. The lowest BCUT2D eigenvalue weighted by molar-refractivity contribution is -0.118. The van der Waals surface area contributed by atoms with Crippen LogP contribution in [0, 0.1) is 6.92 Å². The molecule has 7 heteroatoms. The lowest BCUT2D eigenvalue weighted by Gasteiger charge is -2.23. The maximum atomic E-state index is 12.2. The number of rotatable bonds is 7. The minimum absolute atomic E-state index is 0.0771. The number of hydrogen-bond donors (Lipinski definition) is 1. The summed E-state index contributed by atoms with van der Waals surface area (Å²) in [6.45, 7) is 7.01. The molecule has 0 aliphatic carbocycles. The molecule has 0 bridgehead atoms. The third-order valence-corrected chi connectivity index (χ3v) is 5.87. The van der Waals surface area contributed by atoms with E-state index >= 15 is 0 Å². The number of carbonyl (C=O) groups is 1. The number of benzene rings is 2. The molecular formula is C26H29ClN4O2. The van der Waals surface area contributed by atoms with E-state index in [0.29, 0.717) is 16.5 Å². The molecule has 0 spiro atoms. The van der Waals surface area contributed by atoms with Crippen molar-refractivity contribution in [3.8, 4) is 5.75 Å². The lowest BCUT2D eigenvalue weighted by atomic mass is 10.1. The first kappa shape index (κ1) is 23.1. The minimum Gasteiger partial charge on any atom is -0.484 e. The zero-order chi connectivity index (χ0) is 23.0. The fraction of sp³-hybridized carbons (Fsp3) is 0.308. The van der Waals surface area contributed by atoms with Crippen LogP contribution < -0.4 is 15.0 Å². The number of nitrogens with one attached hydrogen (secondary N) is 1. The third kappa shape index (κ3) is 6.94. The first-order valence-corrected chi connectivity index (χ1v) is 11.6. The van der Waals surface area contributed by atoms with Gasteiger partial charge in [-0.25, -0.2) is 4.98 Å². The second-order valence-corrected chi connectivity index (χ2v) is 8.74. The Kier molecular flexibility index (Phi) is 7.81. The Morgan fingerprint density at radius 1 is 1.06 bits per heavy atom. The fourth-order valence-corrected chi connectivity index (χ4v) is 4.08. The van der Waals surface area contributed by atoms with E-state index in [4.69, 9.17) is 16.3 Å². The smallest absolute Gasteiger partial charge is 0.262 e. The molecular weight excluding hydrogens is 436 g/mol. The van der Waals surface area contributed by atoms with Crippen molar-refractivity contribution in [3.63, 3.8) is 0 Å². The van der Waals surface area contributed by atoms with E-state index in [0.717, 1.165) is 45.0 Å². The zero-order valence-corrected chi connectivity index (χ0v) is 19.6. The Morgan fingerprint density at radius 3 is 2.67 bits per heavy atom. The molecule has 0 saturated carbocycles. The Balaban J connectivity index is 1.26. The molecule has 2 aromatic carbocycles. The summed E-state index contributed by atoms with van der Waals surface area (Å²) in [5.74, 6) is 1.30. The van der Waals surface area contributed by atoms with E-state index in [9.17, 15) is 4.79 Å². The van der Waals surface area contributed by atoms with Crippen LogP contribution in [0.15, 0.2) is 66.9 Å². The molecule has 1 aliphatic heterocycles. The Morgan fingerprint density at radius 2 is 1.91 bits per heavy atom. The molecule has 33 heavy (non-hydrogen) atoms. The molecule has 3 aromatic rings. The van der Waals surface area contributed by atoms with E-state index in [1.807, 2.05) is 12.1 Å². The summed E-state index contributed by atoms with van der Waals surface area (Å²) in [4.78, 5) is 21.6. The quantitative estimate of drug-likeness (QED) is 0.545. The van der Waals surface area contributed by atoms with E-state index in [1.165, 1.54) is 11.1 Å². The maximum Gasteiger partial charge on any atom is 0.262 e. The van der Waals surface area contributed by atoms with Crippen LogP contribution in [0.4, 0.5) is 11.5 Å². The Hall–Kier alpha value is -3.09. The van der Waals surface area contributed by atoms with Crippen molar-refractivity contribution < 1.29 is 9.53 Å². The number of pyridine rings is 1. The van der Waals surface area contributed by atoms with Gasteiger partial charge < -0.3 is 15.0 Å². The number of ether oxygens (including phenoxy) is 1. The van der Waals surface area contributed by atoms with Crippen LogP contribution in [0.25, 0.3) is 0 Å². The number of amides is 1. The first-order chi connectivity index (χ1) is 16.0. The standard InChI is InChI=1S/C26H29ClN4O2/c1-20-4-2-5-21(16-20)18-30-12-3-13-31(15-14-30)25-11-8-23(17-28-25)29-26(32)19-33-24-9-6-22(27)7-10-24/h2,4-11,16-17H,3,12-15,18-19H2,1H3,(H,29,32). The number of hydrogen-bond acceptors (Lipinski definition) is 5. The molecule has 2 heterocycles. The molecule has 6 nitrogen and oxygen atoms in total. The highest BCUT2D eigenvalue weighted by Gasteiger charge is 2.16. The van der Waals surface area contributed by atoms with Gasteiger partial charge in [0.15, 0.2) is 6.61 Å². The van der Waals surface area contributed by atoms with Gasteiger partial charge in [0.25, 0.3) is 5.91 Å². The summed E-state index contributed by atoms with van der Waals surface area (Å²) in [5, 5.41) is 3.45. The van der Waals surface area contributed by atoms with Crippen molar-refractivity contribution in [1.29, 1.82) is 0 Å². The molecule has 1 fully saturated rings. The number of aromatic nitrogens is 1. The van der Waals surface area contributed by atoms with Crippen molar-refractivity contribution >= 4 is 29.0 Å². The Bertz CT molecular complexity index is 1060. The monoisotopic (exact) mass is 464 g/mol. The van der Waals surface area contributed by atoms with Gasteiger partial charge in [-0.2, -0.15) is 0 Å². The first-order valence-electron chi connectivity index (χ1n) is 11.2. The highest BCUT2D eigenvalue weighted by molar-refractivity contribution is 6.30. The SMILES string of the molecule is Cc1cccc(CN2CCCN(c3ccc(NC(=O)COc4ccc(Cl)cc4)cn3)CC2)c1. The van der Waals surface area contributed by atoms with Crippen LogP contribution in [-0.4, -0.2) is 48.6 Å². The van der Waals surface area contributed by atoms with Crippen LogP contribution in [0.5, 0.6) is 5.75 Å². The Labute approximate surface area is 200 Å². The highest BCUT2D eigenvalue weighted by Crippen LogP contribution is 2.18. The van der Waals surface area contributed by atoms with Gasteiger partial charge >= 0.3 is 0 Å². The number of nitrogens with zero attached hydrogens (tertiary/aromatic N) is 3. The average Bonchev–Trinajstić information content (AvgIpc) is 3.05. The average molecular weight is 465 g/mol. The molecule has 1 N–H and O–H groups in total. The molecule has 1 saturated heterocycles. The van der Waals surface area contributed by atoms with E-state index in [-0.39, 0.29) is 12.5 Å². The number of aryl methyl sites for hydroxylation is 1. The van der Waals surface area contributed by atoms with Crippen molar-refractivity contribution in [1.82, 2.24) is 9.88 Å². The van der Waals surface area contributed by atoms with Gasteiger partial charge in [0, 0.05) is 37.7 Å². The molecule has 0 radical (unpaired) electrons. The van der Waals surface area contributed by atoms with Gasteiger partial charge in [-0.3, -0.25) is 9.69 Å². The molecule has 0 unspecified atom stereocenters. The summed E-state index contributed by atoms with van der Waals surface area (Å²) < 4.78 is 5.48. The molecule has 1 aromatic heterocycles. The van der Waals surface area contributed by atoms with Crippen LogP contribution in [-0.2, 0) is 11.3 Å². The van der Waals surface area contributed by atoms with Gasteiger partial charge in [-0.15, -0.1) is 0 Å². The van der Waals surface area contributed by atoms with Gasteiger partial charge in [0.05, 0.1) is 11.9 Å². The van der Waals surface area contributed by atoms with Gasteiger partial charge in [0.2, 0.25) is 0 Å². The largest absolute Gasteiger partial charge is 0.484 e. The molecule has 0 atom stereocenters. The maximum absolute atomic E-state index is 12.2. The molecule has 172 valence electrons. The van der Waals surface area contributed by atoms with Crippen molar-refractivity contribution in [2.45, 2.75) is 19.9 Å². The minimum atomic E-state index is -0.235. The van der Waals surface area contributed by atoms with Crippen molar-refractivity contribution in [3.05, 3.63) is 83.0 Å². The van der Waals surface area contributed by atoms with Crippen LogP contribution in [0.3, 0.4) is 0 Å². The van der Waals surface area contributed by atoms with Crippen molar-refractivity contribution in [2.75, 3.05) is 43.0 Å². The van der Waals surface area contributed by atoms with Gasteiger partial charge in [0.1, 0.15) is 11.6 Å². The highest BCUT2D eigenvalue weighted by atomic mass is 35.5. The second kappa shape index (κ2) is 11.2. The normalized spacial score (nSPS) is 14.5. The van der Waals surface area contributed by atoms with Crippen LogP contribution in [0.2, 0.25) is 5.02 Å². The third-order valence-electron chi connectivity index (χ3n) is 5.62. The number of carbonyl (C=O) groups excluding carboxylic acids is 1. The lowest BCUT2D eigenvalue weighted by Crippen LogP contribution is -2.31. The summed E-state index contributed by atoms with van der Waals surface area (Å²) in [5.41, 5.74) is 3.32. The zero-order valence-electron chi connectivity index (χ0n) is 18.8. The summed E-state index contributed by atoms with van der Waals surface area (Å²) >= 11 is 5.86. The van der Waals surface area contributed by atoms with Crippen LogP contribution >= 0.6 is 11.6 Å². The van der Waals surface area contributed by atoms with Crippen LogP contribution in [0.1, 0.15) is 17.5 Å². The van der Waals surface area contributed by atoms with Gasteiger partial charge in [-0.05, 0) is 55.3 Å². The predicted octanol–water partition coefficient (Wildman–Crippen LogP) is 4.77. The van der Waals surface area contributed by atoms with E-state index in [1.54, 1.807) is 30.5 Å². The van der Waals surface area contributed by atoms with E-state index in [2.05, 4.69) is 51.3 Å². The van der Waals surface area contributed by atoms with Gasteiger partial charge in [-0.1, -0.05) is 41.4 Å². The second-order valence-electron chi connectivity index (χ2n) is 8.30.